The lowest BCUT2D eigenvalue weighted by atomic mass is 10.1. The Morgan fingerprint density at radius 2 is 2.07 bits per heavy atom. The molecule has 142 valence electrons. The van der Waals surface area contributed by atoms with Gasteiger partial charge in [-0.05, 0) is 30.5 Å². The molecule has 4 rings (SSSR count). The van der Waals surface area contributed by atoms with E-state index in [1.165, 1.54) is 6.42 Å². The highest BCUT2D eigenvalue weighted by Gasteiger charge is 2.28. The molecular weight excluding hydrogens is 342 g/mol. The molecule has 6 heteroatoms. The van der Waals surface area contributed by atoms with Crippen molar-refractivity contribution in [2.45, 2.75) is 31.6 Å². The van der Waals surface area contributed by atoms with Crippen molar-refractivity contribution in [1.29, 1.82) is 0 Å². The van der Waals surface area contributed by atoms with Crippen LogP contribution in [0.25, 0.3) is 0 Å². The van der Waals surface area contributed by atoms with Crippen LogP contribution in [0.5, 0.6) is 0 Å². The molecular formula is C21H25N3O3. The van der Waals surface area contributed by atoms with Crippen LogP contribution in [0.3, 0.4) is 0 Å². The van der Waals surface area contributed by atoms with Crippen molar-refractivity contribution in [2.75, 3.05) is 31.2 Å². The standard InChI is InChI=1S/C21H25N3O3/c25-21(17-7-8-20(22-13-17)24-10-4-11-24)23-18-9-12-26-15-19(18)27-14-16-5-2-1-3-6-16/h1-3,5-8,13,18-19H,4,9-12,14-15H2,(H,23,25). The molecule has 2 unspecified atom stereocenters. The second kappa shape index (κ2) is 8.50. The molecule has 1 aromatic carbocycles. The third-order valence-electron chi connectivity index (χ3n) is 5.12. The topological polar surface area (TPSA) is 63.7 Å². The van der Waals surface area contributed by atoms with E-state index in [0.717, 1.165) is 30.9 Å². The Hall–Kier alpha value is -2.44. The van der Waals surface area contributed by atoms with Gasteiger partial charge in [0.25, 0.3) is 5.91 Å². The van der Waals surface area contributed by atoms with Crippen molar-refractivity contribution >= 4 is 11.7 Å². The van der Waals surface area contributed by atoms with Crippen molar-refractivity contribution in [3.63, 3.8) is 0 Å². The highest BCUT2D eigenvalue weighted by atomic mass is 16.5. The molecule has 2 atom stereocenters. The van der Waals surface area contributed by atoms with Crippen LogP contribution in [-0.4, -0.2) is 49.3 Å². The second-order valence-electron chi connectivity index (χ2n) is 7.02. The summed E-state index contributed by atoms with van der Waals surface area (Å²) in [5.41, 5.74) is 1.69. The number of hydrogen-bond donors (Lipinski definition) is 1. The molecule has 2 fully saturated rings. The Balaban J connectivity index is 1.34. The Morgan fingerprint density at radius 1 is 1.22 bits per heavy atom. The van der Waals surface area contributed by atoms with E-state index in [4.69, 9.17) is 9.47 Å². The molecule has 27 heavy (non-hydrogen) atoms. The maximum atomic E-state index is 12.6. The zero-order valence-corrected chi connectivity index (χ0v) is 15.3. The Labute approximate surface area is 159 Å². The molecule has 0 saturated carbocycles. The first-order valence-electron chi connectivity index (χ1n) is 9.55. The minimum Gasteiger partial charge on any atom is -0.379 e. The maximum Gasteiger partial charge on any atom is 0.253 e. The summed E-state index contributed by atoms with van der Waals surface area (Å²) < 4.78 is 11.6. The third-order valence-corrected chi connectivity index (χ3v) is 5.12. The molecule has 0 spiro atoms. The molecule has 6 nitrogen and oxygen atoms in total. The minimum absolute atomic E-state index is 0.0648. The molecule has 2 aliphatic rings. The van der Waals surface area contributed by atoms with Gasteiger partial charge in [-0.1, -0.05) is 30.3 Å². The Morgan fingerprint density at radius 3 is 2.78 bits per heavy atom. The minimum atomic E-state index is -0.156. The lowest BCUT2D eigenvalue weighted by molar-refractivity contribution is -0.0736. The SMILES string of the molecule is O=C(NC1CCOCC1OCc1ccccc1)c1ccc(N2CCC2)nc1. The third kappa shape index (κ3) is 4.46. The molecule has 0 bridgehead atoms. The Kier molecular flexibility index (Phi) is 5.65. The highest BCUT2D eigenvalue weighted by Crippen LogP contribution is 2.18. The van der Waals surface area contributed by atoms with Gasteiger partial charge in [0.05, 0.1) is 24.8 Å². The van der Waals surface area contributed by atoms with E-state index >= 15 is 0 Å². The van der Waals surface area contributed by atoms with Gasteiger partial charge in [-0.25, -0.2) is 4.98 Å². The van der Waals surface area contributed by atoms with Crippen LogP contribution in [0.4, 0.5) is 5.82 Å². The van der Waals surface area contributed by atoms with Gasteiger partial charge in [0.2, 0.25) is 0 Å². The number of carbonyl (C=O) groups excluding carboxylic acids is 1. The van der Waals surface area contributed by atoms with Gasteiger partial charge in [-0.15, -0.1) is 0 Å². The number of aromatic nitrogens is 1. The summed E-state index contributed by atoms with van der Waals surface area (Å²) in [4.78, 5) is 19.3. The zero-order chi connectivity index (χ0) is 18.5. The summed E-state index contributed by atoms with van der Waals surface area (Å²) in [7, 11) is 0. The van der Waals surface area contributed by atoms with Crippen molar-refractivity contribution < 1.29 is 14.3 Å². The van der Waals surface area contributed by atoms with Gasteiger partial charge in [-0.3, -0.25) is 4.79 Å². The van der Waals surface area contributed by atoms with Crippen LogP contribution in [0.1, 0.15) is 28.8 Å². The number of rotatable bonds is 6. The normalized spacial score (nSPS) is 22.1. The van der Waals surface area contributed by atoms with Crippen molar-refractivity contribution in [1.82, 2.24) is 10.3 Å². The molecule has 2 saturated heterocycles. The molecule has 0 aliphatic carbocycles. The molecule has 0 radical (unpaired) electrons. The van der Waals surface area contributed by atoms with E-state index in [2.05, 4.69) is 15.2 Å². The first kappa shape index (κ1) is 17.9. The quantitative estimate of drug-likeness (QED) is 0.849. The second-order valence-corrected chi connectivity index (χ2v) is 7.02. The summed E-state index contributed by atoms with van der Waals surface area (Å²) in [6.45, 7) is 3.71. The molecule has 3 heterocycles. The number of amides is 1. The zero-order valence-electron chi connectivity index (χ0n) is 15.3. The number of carbonyl (C=O) groups is 1. The van der Waals surface area contributed by atoms with Gasteiger partial charge >= 0.3 is 0 Å². The average molecular weight is 367 g/mol. The molecule has 1 aromatic heterocycles. The van der Waals surface area contributed by atoms with E-state index in [1.54, 1.807) is 6.20 Å². The number of benzene rings is 1. The van der Waals surface area contributed by atoms with E-state index < -0.39 is 0 Å². The van der Waals surface area contributed by atoms with Crippen molar-refractivity contribution in [2.24, 2.45) is 0 Å². The predicted octanol–water partition coefficient (Wildman–Crippen LogP) is 2.40. The van der Waals surface area contributed by atoms with Gasteiger partial charge in [0.1, 0.15) is 11.9 Å². The van der Waals surface area contributed by atoms with Crippen LogP contribution in [0.2, 0.25) is 0 Å². The first-order chi connectivity index (χ1) is 13.3. The fraction of sp³-hybridized carbons (Fsp3) is 0.429. The van der Waals surface area contributed by atoms with Crippen molar-refractivity contribution in [3.8, 4) is 0 Å². The number of pyridine rings is 1. The monoisotopic (exact) mass is 367 g/mol. The Bertz CT molecular complexity index is 747. The number of anilines is 1. The predicted molar refractivity (Wildman–Crippen MR) is 103 cm³/mol. The summed E-state index contributed by atoms with van der Waals surface area (Å²) in [6.07, 6.45) is 3.45. The van der Waals surface area contributed by atoms with Crippen LogP contribution in [-0.2, 0) is 16.1 Å². The van der Waals surface area contributed by atoms with Crippen LogP contribution in [0, 0.1) is 0 Å². The lowest BCUT2D eigenvalue weighted by Crippen LogP contribution is -2.50. The van der Waals surface area contributed by atoms with E-state index in [1.807, 2.05) is 42.5 Å². The molecule has 2 aliphatic heterocycles. The van der Waals surface area contributed by atoms with Gasteiger partial charge < -0.3 is 19.7 Å². The fourth-order valence-electron chi connectivity index (χ4n) is 3.32. The number of nitrogens with one attached hydrogen (secondary N) is 1. The summed E-state index contributed by atoms with van der Waals surface area (Å²) in [5, 5.41) is 3.10. The van der Waals surface area contributed by atoms with Crippen LogP contribution < -0.4 is 10.2 Å². The molecule has 2 aromatic rings. The van der Waals surface area contributed by atoms with E-state index in [9.17, 15) is 4.79 Å². The average Bonchev–Trinajstić information content (AvgIpc) is 2.67. The number of nitrogens with zero attached hydrogens (tertiary/aromatic N) is 2. The summed E-state index contributed by atoms with van der Waals surface area (Å²) in [6, 6.07) is 13.7. The van der Waals surface area contributed by atoms with Crippen molar-refractivity contribution in [3.05, 3.63) is 59.8 Å². The number of hydrogen-bond acceptors (Lipinski definition) is 5. The molecule has 1 N–H and O–H groups in total. The highest BCUT2D eigenvalue weighted by molar-refractivity contribution is 5.94. The fourth-order valence-corrected chi connectivity index (χ4v) is 3.32. The van der Waals surface area contributed by atoms with Gasteiger partial charge in [0.15, 0.2) is 0 Å². The van der Waals surface area contributed by atoms with Gasteiger partial charge in [-0.2, -0.15) is 0 Å². The number of ether oxygens (including phenoxy) is 2. The van der Waals surface area contributed by atoms with Crippen LogP contribution in [0.15, 0.2) is 48.7 Å². The summed E-state index contributed by atoms with van der Waals surface area (Å²) in [5.74, 6) is 0.825. The smallest absolute Gasteiger partial charge is 0.253 e. The van der Waals surface area contributed by atoms with Crippen LogP contribution >= 0.6 is 0 Å². The summed E-state index contributed by atoms with van der Waals surface area (Å²) >= 11 is 0. The first-order valence-corrected chi connectivity index (χ1v) is 9.55. The van der Waals surface area contributed by atoms with E-state index in [-0.39, 0.29) is 18.1 Å². The maximum absolute atomic E-state index is 12.6. The largest absolute Gasteiger partial charge is 0.379 e. The lowest BCUT2D eigenvalue weighted by Gasteiger charge is -2.32. The molecule has 1 amide bonds. The van der Waals surface area contributed by atoms with E-state index in [0.29, 0.717) is 25.4 Å². The van der Waals surface area contributed by atoms with Gasteiger partial charge in [0, 0.05) is 25.9 Å².